The molecule has 2 fully saturated rings. The summed E-state index contributed by atoms with van der Waals surface area (Å²) in [6.07, 6.45) is 6.99. The van der Waals surface area contributed by atoms with E-state index in [1.165, 1.54) is 11.3 Å². The summed E-state index contributed by atoms with van der Waals surface area (Å²) in [5, 5.41) is 29.4. The highest BCUT2D eigenvalue weighted by Gasteiger charge is 2.58. The normalized spacial score (nSPS) is 24.7. The fourth-order valence-electron chi connectivity index (χ4n) is 10.7. The molecule has 13 heteroatoms. The number of carboxylic acids is 1. The summed E-state index contributed by atoms with van der Waals surface area (Å²) in [5.74, 6) is 5.15. The number of benzene rings is 2. The van der Waals surface area contributed by atoms with E-state index in [0.29, 0.717) is 58.3 Å². The molecule has 0 saturated heterocycles. The molecule has 3 unspecified atom stereocenters. The number of hydrogen-bond acceptors (Lipinski definition) is 10. The lowest BCUT2D eigenvalue weighted by atomic mass is 9.48. The number of pyridine rings is 1. The van der Waals surface area contributed by atoms with Crippen LogP contribution in [0.15, 0.2) is 54.7 Å². The lowest BCUT2D eigenvalue weighted by Crippen LogP contribution is -2.58. The first-order valence-corrected chi connectivity index (χ1v) is 19.3. The maximum absolute atomic E-state index is 13.6. The summed E-state index contributed by atoms with van der Waals surface area (Å²) in [6.45, 7) is 12.6. The number of phenolic OH excluding ortho intramolecular Hbond substituents is 1. The molecular weight excluding hydrogens is 703 g/mol. The Labute approximate surface area is 318 Å². The second kappa shape index (κ2) is 12.9. The lowest BCUT2D eigenvalue weighted by Gasteiger charge is -2.60. The van der Waals surface area contributed by atoms with Gasteiger partial charge in [-0.2, -0.15) is 5.10 Å². The van der Waals surface area contributed by atoms with E-state index >= 15 is 0 Å². The molecule has 1 amide bonds. The number of fused-ring (bicyclic) bond motifs is 4. The van der Waals surface area contributed by atoms with Crippen molar-refractivity contribution in [1.82, 2.24) is 19.7 Å². The van der Waals surface area contributed by atoms with Crippen LogP contribution in [0.5, 0.6) is 5.75 Å². The van der Waals surface area contributed by atoms with E-state index in [2.05, 4.69) is 43.0 Å². The number of carbonyl (C=O) groups is 2. The fraction of sp³-hybridized carbons (Fsp3) is 0.439. The summed E-state index contributed by atoms with van der Waals surface area (Å²) in [4.78, 5) is 43.4. The second-order valence-corrected chi connectivity index (χ2v) is 18.4. The highest BCUT2D eigenvalue weighted by atomic mass is 32.1. The Morgan fingerprint density at radius 3 is 2.52 bits per heavy atom. The first-order valence-electron chi connectivity index (χ1n) is 18.5. The Morgan fingerprint density at radius 1 is 0.963 bits per heavy atom. The van der Waals surface area contributed by atoms with Crippen LogP contribution in [-0.2, 0) is 24.3 Å². The molecule has 3 aromatic heterocycles. The molecule has 0 radical (unpaired) electrons. The fourth-order valence-corrected chi connectivity index (χ4v) is 11.6. The Bertz CT molecular complexity index is 2280. The summed E-state index contributed by atoms with van der Waals surface area (Å²) in [5.41, 5.74) is 4.28. The van der Waals surface area contributed by atoms with E-state index in [9.17, 15) is 19.8 Å². The number of anilines is 2. The number of aromatic nitrogens is 4. The predicted octanol–water partition coefficient (Wildman–Crippen LogP) is 7.73. The van der Waals surface area contributed by atoms with Crippen LogP contribution < -0.4 is 16.1 Å². The third-order valence-electron chi connectivity index (χ3n) is 11.8. The van der Waals surface area contributed by atoms with Crippen molar-refractivity contribution in [3.63, 3.8) is 0 Å². The highest BCUT2D eigenvalue weighted by molar-refractivity contribution is 7.22. The van der Waals surface area contributed by atoms with Crippen molar-refractivity contribution < 1.29 is 24.6 Å². The molecule has 2 saturated carbocycles. The van der Waals surface area contributed by atoms with Crippen molar-refractivity contribution in [3.05, 3.63) is 82.8 Å². The van der Waals surface area contributed by atoms with Gasteiger partial charge in [-0.1, -0.05) is 51.2 Å². The molecule has 1 aliphatic heterocycles. The minimum absolute atomic E-state index is 0.0747. The number of phenols is 1. The van der Waals surface area contributed by atoms with Crippen LogP contribution >= 0.6 is 11.3 Å². The molecule has 2 bridgehead atoms. The zero-order chi connectivity index (χ0) is 38.2. The van der Waals surface area contributed by atoms with Gasteiger partial charge in [-0.05, 0) is 104 Å². The Morgan fingerprint density at radius 2 is 1.76 bits per heavy atom. The van der Waals surface area contributed by atoms with Crippen molar-refractivity contribution >= 4 is 44.4 Å². The van der Waals surface area contributed by atoms with Crippen LogP contribution in [0.2, 0.25) is 0 Å². The van der Waals surface area contributed by atoms with E-state index in [1.807, 2.05) is 46.8 Å². The minimum atomic E-state index is -1.14. The number of thiazole rings is 1. The molecule has 5 N–H and O–H groups in total. The number of rotatable bonds is 8. The smallest absolute Gasteiger partial charge is 0.355 e. The molecule has 8 rings (SSSR count). The van der Waals surface area contributed by atoms with E-state index in [0.717, 1.165) is 48.0 Å². The third-order valence-corrected chi connectivity index (χ3v) is 12.7. The Hall–Kier alpha value is -4.85. The van der Waals surface area contributed by atoms with Gasteiger partial charge in [0.1, 0.15) is 11.6 Å². The van der Waals surface area contributed by atoms with Crippen molar-refractivity contribution in [2.45, 2.75) is 91.8 Å². The Balaban J connectivity index is 1.05. The van der Waals surface area contributed by atoms with Crippen LogP contribution in [0.1, 0.15) is 97.5 Å². The number of nitrogens with two attached hydrogens (primary N) is 1. The van der Waals surface area contributed by atoms with Gasteiger partial charge in [-0.25, -0.2) is 20.7 Å². The molecule has 5 aromatic rings. The van der Waals surface area contributed by atoms with Gasteiger partial charge in [0.15, 0.2) is 10.8 Å². The number of hydrogen-bond donors (Lipinski definition) is 4. The highest BCUT2D eigenvalue weighted by Crippen LogP contribution is 2.63. The van der Waals surface area contributed by atoms with E-state index in [1.54, 1.807) is 24.4 Å². The number of amides is 1. The average Bonchev–Trinajstić information content (AvgIpc) is 3.67. The van der Waals surface area contributed by atoms with E-state index in [-0.39, 0.29) is 40.1 Å². The van der Waals surface area contributed by atoms with Crippen molar-refractivity contribution in [3.8, 4) is 16.9 Å². The van der Waals surface area contributed by atoms with Crippen LogP contribution in [0.3, 0.4) is 0 Å². The number of nitrogens with one attached hydrogen (secondary N) is 1. The molecule has 2 aliphatic carbocycles. The molecule has 54 heavy (non-hydrogen) atoms. The predicted molar refractivity (Wildman–Crippen MR) is 209 cm³/mol. The maximum atomic E-state index is 13.6. The minimum Gasteiger partial charge on any atom is -0.508 e. The number of aromatic carboxylic acids is 1. The molecule has 0 spiro atoms. The van der Waals surface area contributed by atoms with Crippen molar-refractivity contribution in [2.24, 2.45) is 22.1 Å². The number of carbonyl (C=O) groups excluding carboxylic acids is 1. The number of nitrogens with zero attached hydrogens (tertiary/aromatic N) is 5. The van der Waals surface area contributed by atoms with Gasteiger partial charge in [0.2, 0.25) is 0 Å². The van der Waals surface area contributed by atoms with Crippen molar-refractivity contribution in [2.75, 3.05) is 16.8 Å². The number of para-hydroxylation sites is 1. The van der Waals surface area contributed by atoms with Crippen molar-refractivity contribution in [1.29, 1.82) is 0 Å². The molecule has 282 valence electrons. The third kappa shape index (κ3) is 6.52. The zero-order valence-corrected chi connectivity index (χ0v) is 32.2. The zero-order valence-electron chi connectivity index (χ0n) is 31.4. The van der Waals surface area contributed by atoms with Crippen LogP contribution in [0, 0.1) is 23.2 Å². The van der Waals surface area contributed by atoms with Gasteiger partial charge >= 0.3 is 5.97 Å². The Kier molecular flexibility index (Phi) is 8.62. The standard InChI is InChI=1S/C41H47N7O5S/c1-24-28(16-43-48(24)23-40(5)20-39(4)18-38(2,3)19-41(21-39,22-40)53-42)26-11-13-33(45-34(26)36(51)52)47-15-14-25-29(17-47)27(10-12-31(25)49)35(50)46-37-44-30-8-6-7-9-32(30)54-37/h6-13,16,49H,14-15,17-23,42H2,1-5H3,(H,51,52)(H,44,46,50). The summed E-state index contributed by atoms with van der Waals surface area (Å²) < 4.78 is 2.96. The molecule has 4 heterocycles. The van der Waals surface area contributed by atoms with Crippen LogP contribution in [-0.4, -0.2) is 54.0 Å². The summed E-state index contributed by atoms with van der Waals surface area (Å²) in [7, 11) is 0. The first kappa shape index (κ1) is 36.1. The molecule has 3 aliphatic rings. The van der Waals surface area contributed by atoms with Gasteiger partial charge in [0, 0.05) is 47.6 Å². The van der Waals surface area contributed by atoms with Gasteiger partial charge in [-0.3, -0.25) is 19.6 Å². The van der Waals surface area contributed by atoms with Crippen LogP contribution in [0.25, 0.3) is 21.3 Å². The SMILES string of the molecule is Cc1c(-c2ccc(N3CCc4c(O)ccc(C(=O)Nc5nc6ccccc6s5)c4C3)nc2C(=O)O)cnn1CC1(C)CC2(C)CC(C)(C)CC(ON)(C1)C2. The van der Waals surface area contributed by atoms with Gasteiger partial charge in [0.25, 0.3) is 5.91 Å². The molecule has 12 nitrogen and oxygen atoms in total. The first-order chi connectivity index (χ1) is 25.6. The molecule has 3 atom stereocenters. The maximum Gasteiger partial charge on any atom is 0.355 e. The van der Waals surface area contributed by atoms with Crippen LogP contribution in [0.4, 0.5) is 10.9 Å². The number of carboxylic acid groups (broad SMARTS) is 1. The van der Waals surface area contributed by atoms with Gasteiger partial charge in [-0.15, -0.1) is 0 Å². The second-order valence-electron chi connectivity index (χ2n) is 17.3. The summed E-state index contributed by atoms with van der Waals surface area (Å²) in [6, 6.07) is 14.5. The molecule has 2 aromatic carbocycles. The monoisotopic (exact) mass is 749 g/mol. The largest absolute Gasteiger partial charge is 0.508 e. The molecular formula is C41H47N7O5S. The van der Waals surface area contributed by atoms with Gasteiger partial charge < -0.3 is 15.1 Å². The lowest BCUT2D eigenvalue weighted by molar-refractivity contribution is -0.196. The average molecular weight is 750 g/mol. The van der Waals surface area contributed by atoms with E-state index in [4.69, 9.17) is 15.8 Å². The number of aromatic hydroxyl groups is 1. The quantitative estimate of drug-likeness (QED) is 0.115. The summed E-state index contributed by atoms with van der Waals surface area (Å²) >= 11 is 1.39. The van der Waals surface area contributed by atoms with Gasteiger partial charge in [0.05, 0.1) is 22.0 Å². The van der Waals surface area contributed by atoms with E-state index < -0.39 is 11.6 Å². The topological polar surface area (TPSA) is 169 Å².